The summed E-state index contributed by atoms with van der Waals surface area (Å²) in [7, 11) is 0. The van der Waals surface area contributed by atoms with Crippen LogP contribution in [-0.2, 0) is 0 Å². The molecule has 3 nitrogen and oxygen atoms in total. The van der Waals surface area contributed by atoms with Gasteiger partial charge in [0.2, 0.25) is 0 Å². The minimum absolute atomic E-state index is 0.106. The Kier molecular flexibility index (Phi) is 4.74. The molecule has 4 heteroatoms. The molecular formula is C16H16ClNO2. The molecule has 0 spiro atoms. The molecule has 20 heavy (non-hydrogen) atoms. The van der Waals surface area contributed by atoms with Gasteiger partial charge in [0.25, 0.3) is 0 Å². The molecule has 0 atom stereocenters. The van der Waals surface area contributed by atoms with Crippen LogP contribution in [0.2, 0.25) is 5.02 Å². The monoisotopic (exact) mass is 289 g/mol. The van der Waals surface area contributed by atoms with Gasteiger partial charge in [0.15, 0.2) is 5.78 Å². The summed E-state index contributed by atoms with van der Waals surface area (Å²) >= 11 is 5.99. The van der Waals surface area contributed by atoms with E-state index in [0.29, 0.717) is 28.5 Å². The van der Waals surface area contributed by atoms with Gasteiger partial charge in [-0.25, -0.2) is 0 Å². The quantitative estimate of drug-likeness (QED) is 0.779. The number of carbonyl (C=O) groups is 1. The minimum Gasteiger partial charge on any atom is -0.492 e. The summed E-state index contributed by atoms with van der Waals surface area (Å²) < 4.78 is 5.49. The molecule has 1 aromatic heterocycles. The Morgan fingerprint density at radius 3 is 2.70 bits per heavy atom. The van der Waals surface area contributed by atoms with Gasteiger partial charge in [0, 0.05) is 22.3 Å². The molecule has 2 aromatic rings. The topological polar surface area (TPSA) is 39.2 Å². The smallest absolute Gasteiger partial charge is 0.194 e. The summed E-state index contributed by atoms with van der Waals surface area (Å²) in [6.45, 7) is 4.54. The highest BCUT2D eigenvalue weighted by molar-refractivity contribution is 6.31. The van der Waals surface area contributed by atoms with E-state index in [4.69, 9.17) is 16.3 Å². The predicted molar refractivity (Wildman–Crippen MR) is 79.6 cm³/mol. The number of ether oxygens (including phenoxy) is 1. The van der Waals surface area contributed by atoms with Crippen molar-refractivity contribution in [2.45, 2.75) is 20.3 Å². The molecule has 0 radical (unpaired) electrons. The fourth-order valence-electron chi connectivity index (χ4n) is 1.88. The molecule has 0 fully saturated rings. The van der Waals surface area contributed by atoms with Crippen LogP contribution in [0, 0.1) is 6.92 Å². The van der Waals surface area contributed by atoms with E-state index in [1.807, 2.05) is 26.0 Å². The van der Waals surface area contributed by atoms with Crippen molar-refractivity contribution in [1.82, 2.24) is 4.98 Å². The fraction of sp³-hybridized carbons (Fsp3) is 0.250. The molecule has 0 unspecified atom stereocenters. The van der Waals surface area contributed by atoms with Gasteiger partial charge < -0.3 is 4.74 Å². The van der Waals surface area contributed by atoms with Gasteiger partial charge >= 0.3 is 0 Å². The molecule has 0 aliphatic carbocycles. The lowest BCUT2D eigenvalue weighted by atomic mass is 10.0. The maximum atomic E-state index is 12.4. The molecule has 104 valence electrons. The number of halogens is 1. The standard InChI is InChI=1S/C16H16ClNO2/c1-3-4-20-15-8-13(9-18-10-15)16(19)12-5-11(2)6-14(17)7-12/h5-10H,3-4H2,1-2H3. The molecule has 0 saturated heterocycles. The van der Waals surface area contributed by atoms with Crippen molar-refractivity contribution in [3.05, 3.63) is 58.4 Å². The Hall–Kier alpha value is -1.87. The number of hydrogen-bond acceptors (Lipinski definition) is 3. The summed E-state index contributed by atoms with van der Waals surface area (Å²) in [6.07, 6.45) is 4.05. The number of aromatic nitrogens is 1. The normalized spacial score (nSPS) is 10.3. The Bertz CT molecular complexity index is 605. The van der Waals surface area contributed by atoms with E-state index in [0.717, 1.165) is 12.0 Å². The van der Waals surface area contributed by atoms with Gasteiger partial charge in [0.1, 0.15) is 5.75 Å². The zero-order chi connectivity index (χ0) is 14.5. The van der Waals surface area contributed by atoms with Crippen LogP contribution in [0.3, 0.4) is 0 Å². The largest absolute Gasteiger partial charge is 0.492 e. The maximum Gasteiger partial charge on any atom is 0.194 e. The fourth-order valence-corrected chi connectivity index (χ4v) is 2.17. The van der Waals surface area contributed by atoms with Gasteiger partial charge in [-0.2, -0.15) is 0 Å². The van der Waals surface area contributed by atoms with Gasteiger partial charge in [-0.05, 0) is 43.2 Å². The van der Waals surface area contributed by atoms with Crippen LogP contribution in [-0.4, -0.2) is 17.4 Å². The number of carbonyl (C=O) groups excluding carboxylic acids is 1. The van der Waals surface area contributed by atoms with Crippen molar-refractivity contribution >= 4 is 17.4 Å². The van der Waals surface area contributed by atoms with E-state index in [1.54, 1.807) is 18.3 Å². The Labute approximate surface area is 123 Å². The first-order chi connectivity index (χ1) is 9.60. The molecule has 1 aromatic carbocycles. The number of pyridine rings is 1. The van der Waals surface area contributed by atoms with Gasteiger partial charge in [0.05, 0.1) is 12.8 Å². The second kappa shape index (κ2) is 6.53. The lowest BCUT2D eigenvalue weighted by Gasteiger charge is -2.07. The van der Waals surface area contributed by atoms with E-state index >= 15 is 0 Å². The van der Waals surface area contributed by atoms with Crippen LogP contribution in [0.5, 0.6) is 5.75 Å². The highest BCUT2D eigenvalue weighted by Gasteiger charge is 2.12. The highest BCUT2D eigenvalue weighted by atomic mass is 35.5. The number of ketones is 1. The predicted octanol–water partition coefficient (Wildman–Crippen LogP) is 4.06. The summed E-state index contributed by atoms with van der Waals surface area (Å²) in [6, 6.07) is 7.00. The molecule has 0 N–H and O–H groups in total. The van der Waals surface area contributed by atoms with E-state index in [9.17, 15) is 4.79 Å². The van der Waals surface area contributed by atoms with Crippen LogP contribution in [0.15, 0.2) is 36.7 Å². The van der Waals surface area contributed by atoms with Crippen LogP contribution in [0.4, 0.5) is 0 Å². The van der Waals surface area contributed by atoms with Gasteiger partial charge in [-0.1, -0.05) is 18.5 Å². The molecule has 2 rings (SSSR count). The van der Waals surface area contributed by atoms with Gasteiger partial charge in [-0.15, -0.1) is 0 Å². The number of aryl methyl sites for hydroxylation is 1. The lowest BCUT2D eigenvalue weighted by molar-refractivity contribution is 0.103. The van der Waals surface area contributed by atoms with E-state index in [1.165, 1.54) is 6.20 Å². The third-order valence-electron chi connectivity index (χ3n) is 2.75. The summed E-state index contributed by atoms with van der Waals surface area (Å²) in [5.41, 5.74) is 2.01. The number of rotatable bonds is 5. The second-order valence-electron chi connectivity index (χ2n) is 4.60. The lowest BCUT2D eigenvalue weighted by Crippen LogP contribution is -2.04. The Balaban J connectivity index is 2.28. The van der Waals surface area contributed by atoms with Crippen molar-refractivity contribution in [3.63, 3.8) is 0 Å². The first kappa shape index (κ1) is 14.5. The van der Waals surface area contributed by atoms with E-state index < -0.39 is 0 Å². The SMILES string of the molecule is CCCOc1cncc(C(=O)c2cc(C)cc(Cl)c2)c1. The van der Waals surface area contributed by atoms with Crippen LogP contribution >= 0.6 is 11.6 Å². The molecule has 0 aliphatic heterocycles. The molecule has 0 aliphatic rings. The summed E-state index contributed by atoms with van der Waals surface area (Å²) in [5, 5.41) is 0.555. The summed E-state index contributed by atoms with van der Waals surface area (Å²) in [5.74, 6) is 0.501. The van der Waals surface area contributed by atoms with Crippen molar-refractivity contribution in [3.8, 4) is 5.75 Å². The first-order valence-corrected chi connectivity index (χ1v) is 6.87. The summed E-state index contributed by atoms with van der Waals surface area (Å²) in [4.78, 5) is 16.5. The molecule has 0 bridgehead atoms. The maximum absolute atomic E-state index is 12.4. The number of nitrogens with zero attached hydrogens (tertiary/aromatic N) is 1. The van der Waals surface area contributed by atoms with Crippen LogP contribution in [0.25, 0.3) is 0 Å². The van der Waals surface area contributed by atoms with Crippen molar-refractivity contribution in [2.75, 3.05) is 6.61 Å². The average molecular weight is 290 g/mol. The highest BCUT2D eigenvalue weighted by Crippen LogP contribution is 2.19. The van der Waals surface area contributed by atoms with Crippen molar-refractivity contribution in [1.29, 1.82) is 0 Å². The second-order valence-corrected chi connectivity index (χ2v) is 5.04. The Morgan fingerprint density at radius 1 is 1.20 bits per heavy atom. The molecule has 0 amide bonds. The molecular weight excluding hydrogens is 274 g/mol. The first-order valence-electron chi connectivity index (χ1n) is 6.50. The number of hydrogen-bond donors (Lipinski definition) is 0. The zero-order valence-electron chi connectivity index (χ0n) is 11.5. The van der Waals surface area contributed by atoms with Crippen molar-refractivity contribution < 1.29 is 9.53 Å². The Morgan fingerprint density at radius 2 is 2.00 bits per heavy atom. The average Bonchev–Trinajstić information content (AvgIpc) is 2.43. The van der Waals surface area contributed by atoms with Crippen LogP contribution in [0.1, 0.15) is 34.8 Å². The third kappa shape index (κ3) is 3.58. The third-order valence-corrected chi connectivity index (χ3v) is 2.97. The number of benzene rings is 1. The minimum atomic E-state index is -0.106. The zero-order valence-corrected chi connectivity index (χ0v) is 12.3. The molecule has 0 saturated carbocycles. The van der Waals surface area contributed by atoms with Gasteiger partial charge in [-0.3, -0.25) is 9.78 Å². The van der Waals surface area contributed by atoms with E-state index in [-0.39, 0.29) is 5.78 Å². The van der Waals surface area contributed by atoms with Crippen LogP contribution < -0.4 is 4.74 Å². The van der Waals surface area contributed by atoms with Crippen molar-refractivity contribution in [2.24, 2.45) is 0 Å². The molecule has 1 heterocycles. The van der Waals surface area contributed by atoms with E-state index in [2.05, 4.69) is 4.98 Å².